The van der Waals surface area contributed by atoms with Crippen molar-refractivity contribution in [3.8, 4) is 23.3 Å². The number of hydrogen-bond acceptors (Lipinski definition) is 6. The summed E-state index contributed by atoms with van der Waals surface area (Å²) >= 11 is 0. The molecule has 0 aliphatic heterocycles. The van der Waals surface area contributed by atoms with Gasteiger partial charge in [-0.1, -0.05) is 6.07 Å². The Labute approximate surface area is 160 Å². The molecule has 2 N–H and O–H groups in total. The number of allylic oxidation sites excluding steroid dienone is 1. The standard InChI is InChI=1S/C20H17N3O5/c1-26-14-4-5-15-16(9-14)23-20(22-15)13(10-21)7-12-3-6-17(18(8-12)27-2)28-11-19(24)25/h3-9H,11H2,1-2H3,(H,22,23)(H,24,25)/b13-7-. The van der Waals surface area contributed by atoms with Crippen molar-refractivity contribution in [2.24, 2.45) is 0 Å². The summed E-state index contributed by atoms with van der Waals surface area (Å²) in [6.45, 7) is -0.475. The number of nitrogens with zero attached hydrogens (tertiary/aromatic N) is 2. The number of benzene rings is 2. The number of ether oxygens (including phenoxy) is 3. The number of hydrogen-bond donors (Lipinski definition) is 2. The zero-order valence-corrected chi connectivity index (χ0v) is 15.2. The van der Waals surface area contributed by atoms with Crippen molar-refractivity contribution in [2.45, 2.75) is 0 Å². The summed E-state index contributed by atoms with van der Waals surface area (Å²) in [6, 6.07) is 12.5. The third kappa shape index (κ3) is 4.04. The van der Waals surface area contributed by atoms with Crippen molar-refractivity contribution in [3.63, 3.8) is 0 Å². The molecule has 2 aromatic carbocycles. The summed E-state index contributed by atoms with van der Waals surface area (Å²) in [6.07, 6.45) is 1.65. The number of nitriles is 1. The average Bonchev–Trinajstić information content (AvgIpc) is 3.13. The van der Waals surface area contributed by atoms with Crippen LogP contribution in [0.2, 0.25) is 0 Å². The van der Waals surface area contributed by atoms with Gasteiger partial charge >= 0.3 is 5.97 Å². The maximum absolute atomic E-state index is 10.7. The number of methoxy groups -OCH3 is 2. The summed E-state index contributed by atoms with van der Waals surface area (Å²) in [5, 5.41) is 18.3. The van der Waals surface area contributed by atoms with Crippen molar-refractivity contribution in [1.29, 1.82) is 5.26 Å². The van der Waals surface area contributed by atoms with Crippen LogP contribution in [0.3, 0.4) is 0 Å². The van der Waals surface area contributed by atoms with E-state index in [1.807, 2.05) is 0 Å². The van der Waals surface area contributed by atoms with Crippen LogP contribution in [0.15, 0.2) is 36.4 Å². The number of aromatic nitrogens is 2. The van der Waals surface area contributed by atoms with Gasteiger partial charge in [0, 0.05) is 6.07 Å². The lowest BCUT2D eigenvalue weighted by Gasteiger charge is -2.09. The third-order valence-corrected chi connectivity index (χ3v) is 3.91. The zero-order valence-electron chi connectivity index (χ0n) is 15.2. The van der Waals surface area contributed by atoms with Gasteiger partial charge in [-0.15, -0.1) is 0 Å². The number of carboxylic acid groups (broad SMARTS) is 1. The minimum Gasteiger partial charge on any atom is -0.497 e. The minimum atomic E-state index is -1.08. The molecule has 0 spiro atoms. The first kappa shape index (κ1) is 18.8. The molecule has 28 heavy (non-hydrogen) atoms. The highest BCUT2D eigenvalue weighted by Crippen LogP contribution is 2.30. The third-order valence-electron chi connectivity index (χ3n) is 3.91. The molecule has 0 bridgehead atoms. The molecule has 3 aromatic rings. The molecule has 0 aliphatic carbocycles. The van der Waals surface area contributed by atoms with Crippen molar-refractivity contribution in [2.75, 3.05) is 20.8 Å². The molecule has 0 saturated heterocycles. The number of carboxylic acids is 1. The Balaban J connectivity index is 1.94. The number of aliphatic carboxylic acids is 1. The van der Waals surface area contributed by atoms with E-state index in [2.05, 4.69) is 16.0 Å². The number of aromatic amines is 1. The molecule has 0 atom stereocenters. The Morgan fingerprint density at radius 3 is 2.71 bits per heavy atom. The van der Waals surface area contributed by atoms with Gasteiger partial charge in [0.25, 0.3) is 0 Å². The van der Waals surface area contributed by atoms with Gasteiger partial charge in [0.1, 0.15) is 17.6 Å². The molecule has 0 radical (unpaired) electrons. The Hall–Kier alpha value is -3.99. The van der Waals surface area contributed by atoms with Gasteiger partial charge in [0.2, 0.25) is 0 Å². The maximum Gasteiger partial charge on any atom is 0.341 e. The van der Waals surface area contributed by atoms with Gasteiger partial charge in [0.15, 0.2) is 18.1 Å². The predicted molar refractivity (Wildman–Crippen MR) is 102 cm³/mol. The van der Waals surface area contributed by atoms with Crippen molar-refractivity contribution in [3.05, 3.63) is 47.8 Å². The molecule has 3 rings (SSSR count). The van der Waals surface area contributed by atoms with Gasteiger partial charge in [-0.25, -0.2) is 9.78 Å². The van der Waals surface area contributed by atoms with Gasteiger partial charge in [-0.3, -0.25) is 0 Å². The SMILES string of the molecule is COc1ccc2nc(/C(C#N)=C\c3ccc(OCC(=O)O)c(OC)c3)[nH]c2c1. The van der Waals surface area contributed by atoms with E-state index in [1.54, 1.807) is 49.6 Å². The van der Waals surface area contributed by atoms with E-state index in [9.17, 15) is 10.1 Å². The predicted octanol–water partition coefficient (Wildman–Crippen LogP) is 3.11. The van der Waals surface area contributed by atoms with Gasteiger partial charge < -0.3 is 24.3 Å². The lowest BCUT2D eigenvalue weighted by atomic mass is 10.1. The molecular formula is C20H17N3O5. The van der Waals surface area contributed by atoms with Gasteiger partial charge in [-0.05, 0) is 35.9 Å². The number of carbonyl (C=O) groups is 1. The van der Waals surface area contributed by atoms with E-state index in [4.69, 9.17) is 19.3 Å². The number of H-pyrrole nitrogens is 1. The Morgan fingerprint density at radius 2 is 2.04 bits per heavy atom. The van der Waals surface area contributed by atoms with Crippen LogP contribution in [0.5, 0.6) is 17.2 Å². The highest BCUT2D eigenvalue weighted by atomic mass is 16.5. The lowest BCUT2D eigenvalue weighted by Crippen LogP contribution is -2.10. The summed E-state index contributed by atoms with van der Waals surface area (Å²) in [5.41, 5.74) is 2.47. The zero-order chi connectivity index (χ0) is 20.1. The van der Waals surface area contributed by atoms with Crippen molar-refractivity contribution < 1.29 is 24.1 Å². The molecule has 0 unspecified atom stereocenters. The number of nitrogens with one attached hydrogen (secondary N) is 1. The second-order valence-corrected chi connectivity index (χ2v) is 5.73. The quantitative estimate of drug-likeness (QED) is 0.606. The normalized spacial score (nSPS) is 11.1. The van der Waals surface area contributed by atoms with E-state index >= 15 is 0 Å². The number of fused-ring (bicyclic) bond motifs is 1. The number of imidazole rings is 1. The smallest absolute Gasteiger partial charge is 0.341 e. The minimum absolute atomic E-state index is 0.302. The molecule has 1 aromatic heterocycles. The first-order chi connectivity index (χ1) is 13.5. The van der Waals surface area contributed by atoms with Crippen LogP contribution in [0.1, 0.15) is 11.4 Å². The van der Waals surface area contributed by atoms with E-state index in [-0.39, 0.29) is 0 Å². The molecule has 0 aliphatic rings. The summed E-state index contributed by atoms with van der Waals surface area (Å²) in [7, 11) is 3.03. The first-order valence-corrected chi connectivity index (χ1v) is 8.22. The molecule has 8 nitrogen and oxygen atoms in total. The molecule has 0 fully saturated rings. The fourth-order valence-corrected chi connectivity index (χ4v) is 2.60. The second kappa shape index (κ2) is 8.14. The van der Waals surface area contributed by atoms with Gasteiger partial charge in [-0.2, -0.15) is 5.26 Å². The van der Waals surface area contributed by atoms with E-state index in [0.717, 1.165) is 5.52 Å². The molecule has 1 heterocycles. The fraction of sp³-hybridized carbons (Fsp3) is 0.150. The largest absolute Gasteiger partial charge is 0.497 e. The van der Waals surface area contributed by atoms with E-state index in [0.29, 0.717) is 39.7 Å². The maximum atomic E-state index is 10.7. The van der Waals surface area contributed by atoms with Crippen LogP contribution in [0, 0.1) is 11.3 Å². The highest BCUT2D eigenvalue weighted by molar-refractivity contribution is 5.90. The first-order valence-electron chi connectivity index (χ1n) is 8.22. The topological polar surface area (TPSA) is 117 Å². The van der Waals surface area contributed by atoms with Crippen LogP contribution in [-0.4, -0.2) is 41.9 Å². The summed E-state index contributed by atoms with van der Waals surface area (Å²) < 4.78 is 15.6. The monoisotopic (exact) mass is 379 g/mol. The molecule has 142 valence electrons. The molecule has 8 heteroatoms. The Bertz CT molecular complexity index is 1090. The van der Waals surface area contributed by atoms with Crippen LogP contribution in [0.25, 0.3) is 22.7 Å². The Kier molecular flexibility index (Phi) is 5.46. The highest BCUT2D eigenvalue weighted by Gasteiger charge is 2.11. The van der Waals surface area contributed by atoms with Crippen LogP contribution < -0.4 is 14.2 Å². The molecule has 0 amide bonds. The molecule has 0 saturated carbocycles. The summed E-state index contributed by atoms with van der Waals surface area (Å²) in [5.74, 6) is 0.695. The molecular weight excluding hydrogens is 362 g/mol. The second-order valence-electron chi connectivity index (χ2n) is 5.73. The number of rotatable bonds is 7. The van der Waals surface area contributed by atoms with Crippen LogP contribution >= 0.6 is 0 Å². The fourth-order valence-electron chi connectivity index (χ4n) is 2.60. The van der Waals surface area contributed by atoms with Crippen molar-refractivity contribution >= 4 is 28.7 Å². The lowest BCUT2D eigenvalue weighted by molar-refractivity contribution is -0.139. The van der Waals surface area contributed by atoms with Crippen LogP contribution in [-0.2, 0) is 4.79 Å². The van der Waals surface area contributed by atoms with Crippen molar-refractivity contribution in [1.82, 2.24) is 9.97 Å². The average molecular weight is 379 g/mol. The Morgan fingerprint density at radius 1 is 1.21 bits per heavy atom. The van der Waals surface area contributed by atoms with Crippen LogP contribution in [0.4, 0.5) is 0 Å². The summed E-state index contributed by atoms with van der Waals surface area (Å²) in [4.78, 5) is 18.2. The van der Waals surface area contributed by atoms with Gasteiger partial charge in [0.05, 0.1) is 30.8 Å². The van der Waals surface area contributed by atoms with E-state index < -0.39 is 12.6 Å². The van der Waals surface area contributed by atoms with E-state index in [1.165, 1.54) is 7.11 Å².